The molecule has 94 valence electrons. The van der Waals surface area contributed by atoms with Crippen molar-refractivity contribution in [3.63, 3.8) is 0 Å². The van der Waals surface area contributed by atoms with Crippen molar-refractivity contribution < 1.29 is 0 Å². The standard InChI is InChI=1S/C15H14N4/c1-3-16-15-7-13-6-11(4-5-12(13)8-17-15)14-9-18-19(2)10-14/h3-10H,1H2,2H3,(H,16,17). The number of benzene rings is 1. The highest BCUT2D eigenvalue weighted by Crippen LogP contribution is 2.25. The average Bonchev–Trinajstić information content (AvgIpc) is 2.85. The van der Waals surface area contributed by atoms with E-state index in [0.717, 1.165) is 27.7 Å². The Morgan fingerprint density at radius 2 is 2.05 bits per heavy atom. The second-order valence-electron chi connectivity index (χ2n) is 4.38. The summed E-state index contributed by atoms with van der Waals surface area (Å²) in [6.45, 7) is 3.64. The minimum atomic E-state index is 0.797. The van der Waals surface area contributed by atoms with Gasteiger partial charge in [0.15, 0.2) is 0 Å². The van der Waals surface area contributed by atoms with Gasteiger partial charge >= 0.3 is 0 Å². The second-order valence-corrected chi connectivity index (χ2v) is 4.38. The van der Waals surface area contributed by atoms with Crippen LogP contribution < -0.4 is 5.32 Å². The fourth-order valence-electron chi connectivity index (χ4n) is 2.07. The van der Waals surface area contributed by atoms with E-state index < -0.39 is 0 Å². The van der Waals surface area contributed by atoms with E-state index >= 15 is 0 Å². The molecule has 0 aliphatic carbocycles. The van der Waals surface area contributed by atoms with Gasteiger partial charge in [-0.25, -0.2) is 4.98 Å². The van der Waals surface area contributed by atoms with Gasteiger partial charge in [0, 0.05) is 30.4 Å². The molecule has 19 heavy (non-hydrogen) atoms. The molecule has 0 aliphatic rings. The lowest BCUT2D eigenvalue weighted by atomic mass is 10.1. The lowest BCUT2D eigenvalue weighted by Gasteiger charge is -2.04. The molecule has 0 bridgehead atoms. The minimum Gasteiger partial charge on any atom is -0.347 e. The molecule has 3 aromatic rings. The van der Waals surface area contributed by atoms with E-state index in [9.17, 15) is 0 Å². The van der Waals surface area contributed by atoms with Crippen molar-refractivity contribution in [1.82, 2.24) is 14.8 Å². The molecule has 0 spiro atoms. The Morgan fingerprint density at radius 1 is 1.16 bits per heavy atom. The number of fused-ring (bicyclic) bond motifs is 1. The second kappa shape index (κ2) is 4.57. The minimum absolute atomic E-state index is 0.797. The Labute approximate surface area is 111 Å². The van der Waals surface area contributed by atoms with Crippen molar-refractivity contribution >= 4 is 16.6 Å². The van der Waals surface area contributed by atoms with E-state index in [-0.39, 0.29) is 0 Å². The molecule has 2 heterocycles. The lowest BCUT2D eigenvalue weighted by Crippen LogP contribution is -1.90. The molecule has 0 aliphatic heterocycles. The summed E-state index contributed by atoms with van der Waals surface area (Å²) >= 11 is 0. The zero-order chi connectivity index (χ0) is 13.2. The maximum Gasteiger partial charge on any atom is 0.130 e. The van der Waals surface area contributed by atoms with Crippen LogP contribution in [0.3, 0.4) is 0 Å². The average molecular weight is 250 g/mol. The maximum absolute atomic E-state index is 4.30. The highest BCUT2D eigenvalue weighted by atomic mass is 15.2. The quantitative estimate of drug-likeness (QED) is 0.776. The molecule has 0 fully saturated rings. The lowest BCUT2D eigenvalue weighted by molar-refractivity contribution is 0.768. The molecular formula is C15H14N4. The number of rotatable bonds is 3. The van der Waals surface area contributed by atoms with Crippen LogP contribution in [-0.4, -0.2) is 14.8 Å². The zero-order valence-corrected chi connectivity index (χ0v) is 10.7. The Balaban J connectivity index is 2.10. The third-order valence-electron chi connectivity index (χ3n) is 3.01. The third-order valence-corrected chi connectivity index (χ3v) is 3.01. The molecule has 0 atom stereocenters. The first kappa shape index (κ1) is 11.5. The van der Waals surface area contributed by atoms with Crippen LogP contribution in [0, 0.1) is 0 Å². The molecule has 3 rings (SSSR count). The number of nitrogens with zero attached hydrogens (tertiary/aromatic N) is 3. The Bertz CT molecular complexity index is 743. The van der Waals surface area contributed by atoms with E-state index in [1.54, 1.807) is 10.9 Å². The van der Waals surface area contributed by atoms with Crippen LogP contribution >= 0.6 is 0 Å². The van der Waals surface area contributed by atoms with Gasteiger partial charge in [-0.3, -0.25) is 4.68 Å². The SMILES string of the molecule is C=CNc1cc2cc(-c3cnn(C)c3)ccc2cn1. The molecule has 1 aromatic carbocycles. The first-order chi connectivity index (χ1) is 9.26. The first-order valence-corrected chi connectivity index (χ1v) is 6.02. The number of pyridine rings is 1. The van der Waals surface area contributed by atoms with Crippen LogP contribution in [0.15, 0.2) is 55.6 Å². The van der Waals surface area contributed by atoms with Gasteiger partial charge in [-0.1, -0.05) is 18.7 Å². The van der Waals surface area contributed by atoms with Gasteiger partial charge in [0.05, 0.1) is 6.20 Å². The molecule has 0 unspecified atom stereocenters. The van der Waals surface area contributed by atoms with Gasteiger partial charge in [-0.2, -0.15) is 5.10 Å². The molecule has 0 radical (unpaired) electrons. The molecular weight excluding hydrogens is 236 g/mol. The Morgan fingerprint density at radius 3 is 2.79 bits per heavy atom. The topological polar surface area (TPSA) is 42.7 Å². The van der Waals surface area contributed by atoms with Gasteiger partial charge in [0.2, 0.25) is 0 Å². The van der Waals surface area contributed by atoms with Crippen LogP contribution in [-0.2, 0) is 7.05 Å². The fourth-order valence-corrected chi connectivity index (χ4v) is 2.07. The van der Waals surface area contributed by atoms with Crippen molar-refractivity contribution in [2.45, 2.75) is 0 Å². The van der Waals surface area contributed by atoms with Gasteiger partial charge in [0.1, 0.15) is 5.82 Å². The van der Waals surface area contributed by atoms with Gasteiger partial charge in [-0.15, -0.1) is 0 Å². The predicted molar refractivity (Wildman–Crippen MR) is 77.8 cm³/mol. The number of hydrogen-bond donors (Lipinski definition) is 1. The third kappa shape index (κ3) is 2.20. The van der Waals surface area contributed by atoms with Crippen molar-refractivity contribution in [2.75, 3.05) is 5.32 Å². The number of aryl methyl sites for hydroxylation is 1. The largest absolute Gasteiger partial charge is 0.347 e. The van der Waals surface area contributed by atoms with E-state index in [0.29, 0.717) is 0 Å². The fraction of sp³-hybridized carbons (Fsp3) is 0.0667. The molecule has 0 amide bonds. The van der Waals surface area contributed by atoms with Crippen LogP contribution in [0.2, 0.25) is 0 Å². The molecule has 0 saturated carbocycles. The van der Waals surface area contributed by atoms with E-state index in [1.165, 1.54) is 0 Å². The van der Waals surface area contributed by atoms with Crippen molar-refractivity contribution in [3.05, 3.63) is 55.6 Å². The number of hydrogen-bond acceptors (Lipinski definition) is 3. The van der Waals surface area contributed by atoms with Crippen molar-refractivity contribution in [2.24, 2.45) is 7.05 Å². The Hall–Kier alpha value is -2.62. The van der Waals surface area contributed by atoms with Gasteiger partial charge in [-0.05, 0) is 29.3 Å². The molecule has 2 aromatic heterocycles. The van der Waals surface area contributed by atoms with Crippen LogP contribution in [0.25, 0.3) is 21.9 Å². The smallest absolute Gasteiger partial charge is 0.130 e. The number of nitrogens with one attached hydrogen (secondary N) is 1. The van der Waals surface area contributed by atoms with Gasteiger partial charge in [0.25, 0.3) is 0 Å². The van der Waals surface area contributed by atoms with Crippen molar-refractivity contribution in [1.29, 1.82) is 0 Å². The summed E-state index contributed by atoms with van der Waals surface area (Å²) in [5, 5.41) is 9.45. The summed E-state index contributed by atoms with van der Waals surface area (Å²) in [4.78, 5) is 4.30. The summed E-state index contributed by atoms with van der Waals surface area (Å²) in [6, 6.07) is 8.31. The summed E-state index contributed by atoms with van der Waals surface area (Å²) in [6.07, 6.45) is 7.35. The highest BCUT2D eigenvalue weighted by molar-refractivity contribution is 5.88. The molecule has 0 saturated heterocycles. The summed E-state index contributed by atoms with van der Waals surface area (Å²) in [5.41, 5.74) is 2.26. The molecule has 4 heteroatoms. The summed E-state index contributed by atoms with van der Waals surface area (Å²) in [5.74, 6) is 0.797. The number of anilines is 1. The van der Waals surface area contributed by atoms with Crippen LogP contribution in [0.1, 0.15) is 0 Å². The summed E-state index contributed by atoms with van der Waals surface area (Å²) < 4.78 is 1.80. The zero-order valence-electron chi connectivity index (χ0n) is 10.7. The van der Waals surface area contributed by atoms with Crippen LogP contribution in [0.4, 0.5) is 5.82 Å². The normalized spacial score (nSPS) is 10.6. The van der Waals surface area contributed by atoms with Crippen molar-refractivity contribution in [3.8, 4) is 11.1 Å². The monoisotopic (exact) mass is 250 g/mol. The highest BCUT2D eigenvalue weighted by Gasteiger charge is 2.03. The maximum atomic E-state index is 4.30. The summed E-state index contributed by atoms with van der Waals surface area (Å²) in [7, 11) is 1.92. The van der Waals surface area contributed by atoms with E-state index in [2.05, 4.69) is 40.2 Å². The number of aromatic nitrogens is 3. The predicted octanol–water partition coefficient (Wildman–Crippen LogP) is 3.19. The molecule has 1 N–H and O–H groups in total. The Kier molecular flexibility index (Phi) is 2.76. The first-order valence-electron chi connectivity index (χ1n) is 6.02. The van der Waals surface area contributed by atoms with E-state index in [4.69, 9.17) is 0 Å². The van der Waals surface area contributed by atoms with Gasteiger partial charge < -0.3 is 5.32 Å². The van der Waals surface area contributed by atoms with E-state index in [1.807, 2.05) is 31.7 Å². The van der Waals surface area contributed by atoms with Crippen LogP contribution in [0.5, 0.6) is 0 Å². The molecule has 4 nitrogen and oxygen atoms in total.